The van der Waals surface area contributed by atoms with Crippen molar-refractivity contribution >= 4 is 15.9 Å². The molecular formula is C16H27BrN4. The summed E-state index contributed by atoms with van der Waals surface area (Å²) >= 11 is 3.78. The van der Waals surface area contributed by atoms with Crippen molar-refractivity contribution in [2.75, 3.05) is 19.6 Å². The molecule has 5 heteroatoms. The molecule has 0 radical (unpaired) electrons. The zero-order chi connectivity index (χ0) is 14.9. The van der Waals surface area contributed by atoms with Gasteiger partial charge in [-0.05, 0) is 35.2 Å². The number of hydrogen-bond acceptors (Lipinski definition) is 3. The fourth-order valence-electron chi connectivity index (χ4n) is 4.01. The first-order chi connectivity index (χ1) is 10.2. The van der Waals surface area contributed by atoms with Crippen LogP contribution in [-0.2, 0) is 20.0 Å². The molecule has 0 bridgehead atoms. The molecule has 1 N–H and O–H groups in total. The van der Waals surface area contributed by atoms with E-state index >= 15 is 0 Å². The number of aromatic nitrogens is 2. The molecule has 0 atom stereocenters. The van der Waals surface area contributed by atoms with Crippen molar-refractivity contribution < 1.29 is 0 Å². The smallest absolute Gasteiger partial charge is 0.0767 e. The highest BCUT2D eigenvalue weighted by Gasteiger charge is 2.40. The third-order valence-corrected chi connectivity index (χ3v) is 6.23. The summed E-state index contributed by atoms with van der Waals surface area (Å²) in [4.78, 5) is 2.73. The van der Waals surface area contributed by atoms with E-state index in [0.717, 1.165) is 32.6 Å². The maximum atomic E-state index is 4.66. The Labute approximate surface area is 136 Å². The maximum absolute atomic E-state index is 4.66. The molecular weight excluding hydrogens is 328 g/mol. The van der Waals surface area contributed by atoms with Crippen molar-refractivity contribution in [1.29, 1.82) is 0 Å². The summed E-state index contributed by atoms with van der Waals surface area (Å²) in [6, 6.07) is 0. The number of aryl methyl sites for hydroxylation is 2. The van der Waals surface area contributed by atoms with Gasteiger partial charge >= 0.3 is 0 Å². The number of hydrogen-bond donors (Lipinski definition) is 1. The van der Waals surface area contributed by atoms with Crippen LogP contribution in [0.5, 0.6) is 0 Å². The van der Waals surface area contributed by atoms with Crippen molar-refractivity contribution in [3.05, 3.63) is 15.9 Å². The van der Waals surface area contributed by atoms with Crippen molar-refractivity contribution in [2.24, 2.45) is 7.05 Å². The van der Waals surface area contributed by atoms with Gasteiger partial charge in [0.2, 0.25) is 0 Å². The van der Waals surface area contributed by atoms with Crippen LogP contribution in [0.3, 0.4) is 0 Å². The van der Waals surface area contributed by atoms with Gasteiger partial charge in [-0.15, -0.1) is 0 Å². The Morgan fingerprint density at radius 3 is 2.71 bits per heavy atom. The van der Waals surface area contributed by atoms with Crippen LogP contribution >= 0.6 is 15.9 Å². The van der Waals surface area contributed by atoms with Crippen LogP contribution in [0.2, 0.25) is 0 Å². The monoisotopic (exact) mass is 354 g/mol. The molecule has 1 aliphatic heterocycles. The molecule has 21 heavy (non-hydrogen) atoms. The number of nitrogens with zero attached hydrogens (tertiary/aromatic N) is 3. The molecule has 0 amide bonds. The normalized spacial score (nSPS) is 22.8. The molecule has 0 unspecified atom stereocenters. The van der Waals surface area contributed by atoms with Crippen molar-refractivity contribution in [1.82, 2.24) is 20.0 Å². The van der Waals surface area contributed by atoms with Gasteiger partial charge in [0.05, 0.1) is 15.9 Å². The number of piperazine rings is 1. The van der Waals surface area contributed by atoms with Crippen molar-refractivity contribution in [2.45, 2.75) is 57.5 Å². The van der Waals surface area contributed by atoms with Crippen LogP contribution < -0.4 is 5.32 Å². The van der Waals surface area contributed by atoms with E-state index in [1.54, 1.807) is 0 Å². The van der Waals surface area contributed by atoms with E-state index in [9.17, 15) is 0 Å². The minimum absolute atomic E-state index is 0.382. The number of rotatable bonds is 3. The van der Waals surface area contributed by atoms with Gasteiger partial charge in [0.1, 0.15) is 0 Å². The second kappa shape index (κ2) is 6.39. The average Bonchev–Trinajstić information content (AvgIpc) is 2.78. The van der Waals surface area contributed by atoms with E-state index in [2.05, 4.69) is 49.9 Å². The summed E-state index contributed by atoms with van der Waals surface area (Å²) < 4.78 is 3.29. The third kappa shape index (κ3) is 2.92. The lowest BCUT2D eigenvalue weighted by atomic mass is 9.79. The average molecular weight is 355 g/mol. The van der Waals surface area contributed by atoms with Gasteiger partial charge in [-0.3, -0.25) is 9.58 Å². The van der Waals surface area contributed by atoms with E-state index in [-0.39, 0.29) is 0 Å². The van der Waals surface area contributed by atoms with Crippen molar-refractivity contribution in [3.63, 3.8) is 0 Å². The molecule has 1 spiro atoms. The Hall–Kier alpha value is -0.390. The quantitative estimate of drug-likeness (QED) is 0.905. The first kappa shape index (κ1) is 15.5. The van der Waals surface area contributed by atoms with E-state index in [1.165, 1.54) is 48.0 Å². The maximum Gasteiger partial charge on any atom is 0.0767 e. The van der Waals surface area contributed by atoms with Gasteiger partial charge in [-0.25, -0.2) is 0 Å². The van der Waals surface area contributed by atoms with Crippen LogP contribution in [0.15, 0.2) is 4.47 Å². The Morgan fingerprint density at radius 1 is 1.29 bits per heavy atom. The van der Waals surface area contributed by atoms with Gasteiger partial charge in [0.15, 0.2) is 0 Å². The molecule has 1 aliphatic carbocycles. The minimum Gasteiger partial charge on any atom is -0.314 e. The summed E-state index contributed by atoms with van der Waals surface area (Å²) in [5.41, 5.74) is 2.89. The molecule has 1 saturated heterocycles. The molecule has 1 aromatic rings. The zero-order valence-corrected chi connectivity index (χ0v) is 14.9. The van der Waals surface area contributed by atoms with Crippen LogP contribution in [0.25, 0.3) is 0 Å². The second-order valence-corrected chi connectivity index (χ2v) is 7.36. The standard InChI is InChI=1S/C16H27BrN4/c1-3-13-15(17)14(20(2)19-13)11-21-10-9-18-12-16(21)7-5-4-6-8-16/h18H,3-12H2,1-2H3. The largest absolute Gasteiger partial charge is 0.314 e. The Kier molecular flexibility index (Phi) is 4.71. The second-order valence-electron chi connectivity index (χ2n) is 6.57. The fraction of sp³-hybridized carbons (Fsp3) is 0.812. The highest BCUT2D eigenvalue weighted by molar-refractivity contribution is 9.10. The highest BCUT2D eigenvalue weighted by atomic mass is 79.9. The van der Waals surface area contributed by atoms with Gasteiger partial charge in [0, 0.05) is 38.8 Å². The lowest BCUT2D eigenvalue weighted by Crippen LogP contribution is -2.61. The van der Waals surface area contributed by atoms with Crippen LogP contribution in [0.1, 0.15) is 50.4 Å². The summed E-state index contributed by atoms with van der Waals surface area (Å²) in [6.45, 7) is 6.61. The third-order valence-electron chi connectivity index (χ3n) is 5.31. The van der Waals surface area contributed by atoms with Crippen LogP contribution in [-0.4, -0.2) is 39.9 Å². The highest BCUT2D eigenvalue weighted by Crippen LogP contribution is 2.36. The summed E-state index contributed by atoms with van der Waals surface area (Å²) in [6.07, 6.45) is 7.84. The Balaban J connectivity index is 1.83. The predicted molar refractivity (Wildman–Crippen MR) is 89.4 cm³/mol. The molecule has 2 fully saturated rings. The lowest BCUT2D eigenvalue weighted by Gasteiger charge is -2.50. The minimum atomic E-state index is 0.382. The first-order valence-corrected chi connectivity index (χ1v) is 9.11. The molecule has 1 aromatic heterocycles. The van der Waals surface area contributed by atoms with Crippen LogP contribution in [0, 0.1) is 0 Å². The SMILES string of the molecule is CCc1nn(C)c(CN2CCNCC23CCCCC3)c1Br. The van der Waals surface area contributed by atoms with Gasteiger partial charge < -0.3 is 5.32 Å². The molecule has 3 rings (SSSR count). The summed E-state index contributed by atoms with van der Waals surface area (Å²) in [7, 11) is 2.08. The van der Waals surface area contributed by atoms with Gasteiger partial charge in [-0.2, -0.15) is 5.10 Å². The molecule has 4 nitrogen and oxygen atoms in total. The number of nitrogens with one attached hydrogen (secondary N) is 1. The summed E-state index contributed by atoms with van der Waals surface area (Å²) in [5, 5.41) is 8.29. The Morgan fingerprint density at radius 2 is 2.05 bits per heavy atom. The predicted octanol–water partition coefficient (Wildman–Crippen LogP) is 2.85. The molecule has 118 valence electrons. The van der Waals surface area contributed by atoms with E-state index < -0.39 is 0 Å². The molecule has 1 saturated carbocycles. The fourth-order valence-corrected chi connectivity index (χ4v) is 4.75. The topological polar surface area (TPSA) is 33.1 Å². The first-order valence-electron chi connectivity index (χ1n) is 8.32. The zero-order valence-electron chi connectivity index (χ0n) is 13.3. The Bertz CT molecular complexity index is 482. The summed E-state index contributed by atoms with van der Waals surface area (Å²) in [5.74, 6) is 0. The van der Waals surface area contributed by atoms with E-state index in [1.807, 2.05) is 0 Å². The van der Waals surface area contributed by atoms with E-state index in [0.29, 0.717) is 5.54 Å². The molecule has 0 aromatic carbocycles. The lowest BCUT2D eigenvalue weighted by molar-refractivity contribution is 0.0190. The molecule has 2 heterocycles. The van der Waals surface area contributed by atoms with Crippen molar-refractivity contribution in [3.8, 4) is 0 Å². The van der Waals surface area contributed by atoms with Crippen LogP contribution in [0.4, 0.5) is 0 Å². The number of halogens is 1. The van der Waals surface area contributed by atoms with Gasteiger partial charge in [0.25, 0.3) is 0 Å². The molecule has 2 aliphatic rings. The van der Waals surface area contributed by atoms with Gasteiger partial charge in [-0.1, -0.05) is 26.2 Å². The van der Waals surface area contributed by atoms with E-state index in [4.69, 9.17) is 0 Å².